The highest BCUT2D eigenvalue weighted by atomic mass is 32.2. The minimum Gasteiger partial charge on any atom is -0.338 e. The number of hydrogen-bond acceptors (Lipinski definition) is 5. The summed E-state index contributed by atoms with van der Waals surface area (Å²) in [6.45, 7) is 2.54. The molecule has 0 aliphatic carbocycles. The van der Waals surface area contributed by atoms with Crippen LogP contribution in [0.4, 0.5) is 0 Å². The normalized spacial score (nSPS) is 18.6. The van der Waals surface area contributed by atoms with Crippen molar-refractivity contribution in [2.75, 3.05) is 11.5 Å². The summed E-state index contributed by atoms with van der Waals surface area (Å²) in [6, 6.07) is 0.628. The summed E-state index contributed by atoms with van der Waals surface area (Å²) in [5.74, 6) is 3.93. The van der Waals surface area contributed by atoms with E-state index in [0.29, 0.717) is 24.3 Å². The number of hydrogen-bond donors (Lipinski definition) is 1. The predicted molar refractivity (Wildman–Crippen MR) is 56.2 cm³/mol. The molecule has 1 fully saturated rings. The molecule has 0 saturated carbocycles. The van der Waals surface area contributed by atoms with Crippen molar-refractivity contribution in [3.8, 4) is 0 Å². The van der Waals surface area contributed by atoms with E-state index in [1.165, 1.54) is 24.3 Å². The highest BCUT2D eigenvalue weighted by molar-refractivity contribution is 7.99. The van der Waals surface area contributed by atoms with Gasteiger partial charge in [0.2, 0.25) is 5.89 Å². The van der Waals surface area contributed by atoms with Crippen LogP contribution in [0.2, 0.25) is 0 Å². The van der Waals surface area contributed by atoms with Crippen LogP contribution in [0, 0.1) is 6.92 Å². The Hall–Kier alpha value is -0.550. The molecule has 0 aromatic carbocycles. The molecule has 0 radical (unpaired) electrons. The van der Waals surface area contributed by atoms with Crippen molar-refractivity contribution >= 4 is 11.8 Å². The van der Waals surface area contributed by atoms with Crippen LogP contribution in [0.5, 0.6) is 0 Å². The molecule has 1 aliphatic rings. The highest BCUT2D eigenvalue weighted by Gasteiger charge is 2.13. The third-order valence-electron chi connectivity index (χ3n) is 2.33. The molecule has 0 bridgehead atoms. The number of rotatable bonds is 3. The Morgan fingerprint density at radius 1 is 1.50 bits per heavy atom. The van der Waals surface area contributed by atoms with Crippen molar-refractivity contribution in [3.63, 3.8) is 0 Å². The van der Waals surface area contributed by atoms with Gasteiger partial charge in [-0.3, -0.25) is 0 Å². The molecule has 1 N–H and O–H groups in total. The van der Waals surface area contributed by atoms with E-state index >= 15 is 0 Å². The fourth-order valence-corrected chi connectivity index (χ4v) is 2.65. The standard InChI is InChI=1S/C9H15N3OS/c1-7-11-9(13-12-7)6-10-8-2-4-14-5-3-8/h8,10H,2-6H2,1H3. The fourth-order valence-electron chi connectivity index (χ4n) is 1.55. The van der Waals surface area contributed by atoms with Crippen LogP contribution in [-0.2, 0) is 6.54 Å². The Labute approximate surface area is 87.8 Å². The molecule has 0 spiro atoms. The molecule has 14 heavy (non-hydrogen) atoms. The van der Waals surface area contributed by atoms with Gasteiger partial charge >= 0.3 is 0 Å². The van der Waals surface area contributed by atoms with E-state index in [1.807, 2.05) is 18.7 Å². The summed E-state index contributed by atoms with van der Waals surface area (Å²) in [7, 11) is 0. The van der Waals surface area contributed by atoms with Crippen LogP contribution in [0.15, 0.2) is 4.52 Å². The summed E-state index contributed by atoms with van der Waals surface area (Å²) in [4.78, 5) is 4.15. The van der Waals surface area contributed by atoms with Crippen molar-refractivity contribution in [2.45, 2.75) is 32.4 Å². The van der Waals surface area contributed by atoms with Crippen LogP contribution >= 0.6 is 11.8 Å². The topological polar surface area (TPSA) is 51.0 Å². The van der Waals surface area contributed by atoms with Gasteiger partial charge in [0.25, 0.3) is 0 Å². The molecular weight excluding hydrogens is 198 g/mol. The predicted octanol–water partition coefficient (Wildman–Crippen LogP) is 1.36. The SMILES string of the molecule is Cc1noc(CNC2CCSCC2)n1. The van der Waals surface area contributed by atoms with Gasteiger partial charge in [0.05, 0.1) is 6.54 Å². The van der Waals surface area contributed by atoms with Crippen molar-refractivity contribution in [2.24, 2.45) is 0 Å². The quantitative estimate of drug-likeness (QED) is 0.821. The lowest BCUT2D eigenvalue weighted by molar-refractivity contribution is 0.350. The molecule has 1 aromatic heterocycles. The van der Waals surface area contributed by atoms with E-state index in [-0.39, 0.29) is 0 Å². The van der Waals surface area contributed by atoms with Crippen molar-refractivity contribution in [1.82, 2.24) is 15.5 Å². The van der Waals surface area contributed by atoms with Gasteiger partial charge in [-0.2, -0.15) is 16.7 Å². The van der Waals surface area contributed by atoms with Gasteiger partial charge in [-0.1, -0.05) is 5.16 Å². The van der Waals surface area contributed by atoms with E-state index in [9.17, 15) is 0 Å². The zero-order valence-electron chi connectivity index (χ0n) is 8.32. The molecule has 4 nitrogen and oxygen atoms in total. The Balaban J connectivity index is 1.76. The monoisotopic (exact) mass is 213 g/mol. The smallest absolute Gasteiger partial charge is 0.240 e. The van der Waals surface area contributed by atoms with Gasteiger partial charge in [-0.15, -0.1) is 0 Å². The number of thioether (sulfide) groups is 1. The van der Waals surface area contributed by atoms with E-state index < -0.39 is 0 Å². The van der Waals surface area contributed by atoms with Crippen molar-refractivity contribution in [3.05, 3.63) is 11.7 Å². The molecule has 2 rings (SSSR count). The van der Waals surface area contributed by atoms with E-state index in [1.54, 1.807) is 0 Å². The third kappa shape index (κ3) is 2.72. The second-order valence-electron chi connectivity index (χ2n) is 3.50. The molecule has 0 unspecified atom stereocenters. The van der Waals surface area contributed by atoms with Crippen LogP contribution in [0.3, 0.4) is 0 Å². The van der Waals surface area contributed by atoms with E-state index in [4.69, 9.17) is 4.52 Å². The number of nitrogens with zero attached hydrogens (tertiary/aromatic N) is 2. The minimum absolute atomic E-state index is 0.628. The maximum atomic E-state index is 5.03. The molecule has 1 saturated heterocycles. The lowest BCUT2D eigenvalue weighted by Crippen LogP contribution is -2.32. The Bertz CT molecular complexity index is 283. The molecule has 1 aliphatic heterocycles. The maximum Gasteiger partial charge on any atom is 0.240 e. The van der Waals surface area contributed by atoms with E-state index in [2.05, 4.69) is 15.5 Å². The number of nitrogens with one attached hydrogen (secondary N) is 1. The molecule has 1 aromatic rings. The Morgan fingerprint density at radius 3 is 2.93 bits per heavy atom. The second-order valence-corrected chi connectivity index (χ2v) is 4.73. The zero-order chi connectivity index (χ0) is 9.80. The van der Waals surface area contributed by atoms with Gasteiger partial charge in [-0.25, -0.2) is 0 Å². The first-order valence-electron chi connectivity index (χ1n) is 4.95. The molecule has 78 valence electrons. The summed E-state index contributed by atoms with van der Waals surface area (Å²) in [6.07, 6.45) is 2.50. The Morgan fingerprint density at radius 2 is 2.29 bits per heavy atom. The number of aromatic nitrogens is 2. The Kier molecular flexibility index (Phi) is 3.42. The summed E-state index contributed by atoms with van der Waals surface area (Å²) < 4.78 is 5.03. The zero-order valence-corrected chi connectivity index (χ0v) is 9.14. The molecule has 0 atom stereocenters. The van der Waals surface area contributed by atoms with Gasteiger partial charge in [-0.05, 0) is 31.3 Å². The second kappa shape index (κ2) is 4.79. The first kappa shape index (κ1) is 9.98. The molecular formula is C9H15N3OS. The van der Waals surface area contributed by atoms with Crippen LogP contribution in [0.25, 0.3) is 0 Å². The van der Waals surface area contributed by atoms with Crippen LogP contribution < -0.4 is 5.32 Å². The summed E-state index contributed by atoms with van der Waals surface area (Å²) in [5.41, 5.74) is 0. The number of aryl methyl sites for hydroxylation is 1. The lowest BCUT2D eigenvalue weighted by Gasteiger charge is -2.21. The molecule has 2 heterocycles. The van der Waals surface area contributed by atoms with Gasteiger partial charge in [0, 0.05) is 6.04 Å². The summed E-state index contributed by atoms with van der Waals surface area (Å²) >= 11 is 2.03. The first-order chi connectivity index (χ1) is 6.84. The van der Waals surface area contributed by atoms with Gasteiger partial charge in [0.1, 0.15) is 0 Å². The van der Waals surface area contributed by atoms with Crippen molar-refractivity contribution < 1.29 is 4.52 Å². The minimum atomic E-state index is 0.628. The molecule has 5 heteroatoms. The average Bonchev–Trinajstić information content (AvgIpc) is 2.63. The maximum absolute atomic E-state index is 5.03. The summed E-state index contributed by atoms with van der Waals surface area (Å²) in [5, 5.41) is 7.19. The fraction of sp³-hybridized carbons (Fsp3) is 0.778. The van der Waals surface area contributed by atoms with Crippen LogP contribution in [0.1, 0.15) is 24.6 Å². The van der Waals surface area contributed by atoms with Gasteiger partial charge in [0.15, 0.2) is 5.82 Å². The lowest BCUT2D eigenvalue weighted by atomic mass is 10.1. The van der Waals surface area contributed by atoms with Crippen LogP contribution in [-0.4, -0.2) is 27.7 Å². The molecule has 0 amide bonds. The van der Waals surface area contributed by atoms with Crippen molar-refractivity contribution in [1.29, 1.82) is 0 Å². The first-order valence-corrected chi connectivity index (χ1v) is 6.10. The van der Waals surface area contributed by atoms with Gasteiger partial charge < -0.3 is 9.84 Å². The highest BCUT2D eigenvalue weighted by Crippen LogP contribution is 2.17. The average molecular weight is 213 g/mol. The largest absolute Gasteiger partial charge is 0.338 e. The third-order valence-corrected chi connectivity index (χ3v) is 3.38. The van der Waals surface area contributed by atoms with E-state index in [0.717, 1.165) is 0 Å².